The van der Waals surface area contributed by atoms with Gasteiger partial charge in [0.1, 0.15) is 0 Å². The third-order valence-corrected chi connectivity index (χ3v) is 5.86. The van der Waals surface area contributed by atoms with Crippen molar-refractivity contribution in [3.63, 3.8) is 0 Å². The Hall–Kier alpha value is -2.90. The van der Waals surface area contributed by atoms with Crippen LogP contribution in [0.3, 0.4) is 0 Å². The van der Waals surface area contributed by atoms with Crippen molar-refractivity contribution in [1.29, 1.82) is 0 Å². The summed E-state index contributed by atoms with van der Waals surface area (Å²) in [4.78, 5) is 29.2. The fourth-order valence-corrected chi connectivity index (χ4v) is 4.10. The minimum Gasteiger partial charge on any atom is -0.478 e. The van der Waals surface area contributed by atoms with Crippen LogP contribution in [0.5, 0.6) is 0 Å². The Morgan fingerprint density at radius 1 is 1.10 bits per heavy atom. The van der Waals surface area contributed by atoms with Gasteiger partial charge in [-0.1, -0.05) is 30.3 Å². The molecule has 1 heterocycles. The summed E-state index contributed by atoms with van der Waals surface area (Å²) in [5.74, 6) is -1.11. The number of thioether (sulfide) groups is 1. The smallest absolute Gasteiger partial charge is 0.335 e. The number of thiazole rings is 1. The van der Waals surface area contributed by atoms with Crippen molar-refractivity contribution in [1.82, 2.24) is 4.98 Å². The Balaban J connectivity index is 1.85. The van der Waals surface area contributed by atoms with Gasteiger partial charge in [0.2, 0.25) is 5.91 Å². The first-order chi connectivity index (χ1) is 13.9. The maximum atomic E-state index is 11.4. The summed E-state index contributed by atoms with van der Waals surface area (Å²) in [5.41, 5.74) is 3.08. The predicted octanol–water partition coefficient (Wildman–Crippen LogP) is 5.28. The summed E-state index contributed by atoms with van der Waals surface area (Å²) < 4.78 is 0. The Kier molecular flexibility index (Phi) is 6.85. The highest BCUT2D eigenvalue weighted by atomic mass is 32.2. The van der Waals surface area contributed by atoms with Crippen molar-refractivity contribution in [2.24, 2.45) is 0 Å². The number of benzene rings is 2. The monoisotopic (exact) mass is 424 g/mol. The highest BCUT2D eigenvalue weighted by molar-refractivity contribution is 7.98. The van der Waals surface area contributed by atoms with E-state index in [1.54, 1.807) is 36.0 Å². The lowest BCUT2D eigenvalue weighted by atomic mass is 10.1. The van der Waals surface area contributed by atoms with Crippen LogP contribution < -0.4 is 5.32 Å². The standard InChI is InChI=1S/C22H20N2O3S2/c1-14(25)23-22-24-19(12-7-15-3-8-17(9-4-15)21(26)27)20(29-22)13-16-5-10-18(28-2)11-6-16/h3-12H,13H2,1-2H3,(H,26,27)(H,23,24,25). The van der Waals surface area contributed by atoms with E-state index in [0.717, 1.165) is 16.1 Å². The SMILES string of the molecule is CSc1ccc(Cc2sc(NC(C)=O)nc2C=Cc2ccc(C(=O)O)cc2)cc1. The van der Waals surface area contributed by atoms with Gasteiger partial charge in [0.25, 0.3) is 0 Å². The van der Waals surface area contributed by atoms with Gasteiger partial charge in [0.05, 0.1) is 11.3 Å². The van der Waals surface area contributed by atoms with Gasteiger partial charge in [0, 0.05) is 23.1 Å². The molecule has 3 aromatic rings. The molecule has 0 aliphatic carbocycles. The average Bonchev–Trinajstić information content (AvgIpc) is 3.07. The molecule has 0 fully saturated rings. The zero-order valence-electron chi connectivity index (χ0n) is 16.0. The molecule has 0 bridgehead atoms. The second-order valence-electron chi connectivity index (χ2n) is 6.29. The Morgan fingerprint density at radius 3 is 2.38 bits per heavy atom. The number of hydrogen-bond donors (Lipinski definition) is 2. The largest absolute Gasteiger partial charge is 0.478 e. The van der Waals surface area contributed by atoms with Crippen LogP contribution in [-0.4, -0.2) is 28.2 Å². The number of carbonyl (C=O) groups is 2. The summed E-state index contributed by atoms with van der Waals surface area (Å²) in [5, 5.41) is 12.3. The van der Waals surface area contributed by atoms with Gasteiger partial charge in [-0.25, -0.2) is 9.78 Å². The summed E-state index contributed by atoms with van der Waals surface area (Å²) >= 11 is 3.16. The Labute approximate surface area is 177 Å². The van der Waals surface area contributed by atoms with Gasteiger partial charge in [-0.2, -0.15) is 0 Å². The lowest BCUT2D eigenvalue weighted by Gasteiger charge is -2.02. The molecule has 0 aliphatic rings. The Morgan fingerprint density at radius 2 is 1.79 bits per heavy atom. The molecule has 1 amide bonds. The lowest BCUT2D eigenvalue weighted by molar-refractivity contribution is -0.114. The molecule has 0 unspecified atom stereocenters. The van der Waals surface area contributed by atoms with Crippen LogP contribution in [0.15, 0.2) is 53.4 Å². The number of nitrogens with one attached hydrogen (secondary N) is 1. The molecule has 29 heavy (non-hydrogen) atoms. The van der Waals surface area contributed by atoms with Gasteiger partial charge >= 0.3 is 5.97 Å². The molecule has 1 aromatic heterocycles. The zero-order valence-corrected chi connectivity index (χ0v) is 17.6. The quantitative estimate of drug-likeness (QED) is 0.504. The van der Waals surface area contributed by atoms with Crippen LogP contribution in [0, 0.1) is 0 Å². The third kappa shape index (κ3) is 5.79. The summed E-state index contributed by atoms with van der Waals surface area (Å²) in [6, 6.07) is 15.0. The Bertz CT molecular complexity index is 1040. The van der Waals surface area contributed by atoms with Crippen molar-refractivity contribution >= 4 is 52.3 Å². The van der Waals surface area contributed by atoms with E-state index >= 15 is 0 Å². The number of anilines is 1. The maximum Gasteiger partial charge on any atom is 0.335 e. The summed E-state index contributed by atoms with van der Waals surface area (Å²) in [6.07, 6.45) is 6.54. The lowest BCUT2D eigenvalue weighted by Crippen LogP contribution is -2.04. The van der Waals surface area contributed by atoms with Crippen molar-refractivity contribution in [3.8, 4) is 0 Å². The van der Waals surface area contributed by atoms with Crippen LogP contribution >= 0.6 is 23.1 Å². The topological polar surface area (TPSA) is 79.3 Å². The first-order valence-electron chi connectivity index (χ1n) is 8.86. The molecule has 2 N–H and O–H groups in total. The first kappa shape index (κ1) is 20.8. The number of nitrogens with zero attached hydrogens (tertiary/aromatic N) is 1. The number of aromatic nitrogens is 1. The van der Waals surface area contributed by atoms with E-state index in [0.29, 0.717) is 11.6 Å². The predicted molar refractivity (Wildman–Crippen MR) is 120 cm³/mol. The molecule has 148 valence electrons. The van der Waals surface area contributed by atoms with E-state index in [1.807, 2.05) is 18.4 Å². The number of amides is 1. The maximum absolute atomic E-state index is 11.4. The molecule has 0 aliphatic heterocycles. The molecule has 5 nitrogen and oxygen atoms in total. The summed E-state index contributed by atoms with van der Waals surface area (Å²) in [7, 11) is 0. The highest BCUT2D eigenvalue weighted by Gasteiger charge is 2.11. The number of carboxylic acids is 1. The average molecular weight is 425 g/mol. The van der Waals surface area contributed by atoms with E-state index in [2.05, 4.69) is 34.6 Å². The fourth-order valence-electron chi connectivity index (χ4n) is 2.67. The van der Waals surface area contributed by atoms with Crippen LogP contribution in [0.1, 0.15) is 39.0 Å². The molecular formula is C22H20N2O3S2. The minimum atomic E-state index is -0.949. The van der Waals surface area contributed by atoms with Crippen molar-refractivity contribution < 1.29 is 14.7 Å². The van der Waals surface area contributed by atoms with Gasteiger partial charge in [-0.05, 0) is 47.7 Å². The molecular weight excluding hydrogens is 404 g/mol. The van der Waals surface area contributed by atoms with E-state index in [4.69, 9.17) is 5.11 Å². The van der Waals surface area contributed by atoms with E-state index in [-0.39, 0.29) is 11.5 Å². The fraction of sp³-hybridized carbons (Fsp3) is 0.136. The number of rotatable bonds is 7. The second kappa shape index (κ2) is 9.54. The summed E-state index contributed by atoms with van der Waals surface area (Å²) in [6.45, 7) is 1.46. The van der Waals surface area contributed by atoms with Crippen LogP contribution in [0.4, 0.5) is 5.13 Å². The van der Waals surface area contributed by atoms with E-state index in [1.165, 1.54) is 28.7 Å². The third-order valence-electron chi connectivity index (χ3n) is 4.13. The number of carboxylic acid groups (broad SMARTS) is 1. The molecule has 7 heteroatoms. The molecule has 2 aromatic carbocycles. The number of carbonyl (C=O) groups excluding carboxylic acids is 1. The minimum absolute atomic E-state index is 0.158. The van der Waals surface area contributed by atoms with E-state index in [9.17, 15) is 9.59 Å². The molecule has 3 rings (SSSR count). The molecule has 0 spiro atoms. The van der Waals surface area contributed by atoms with E-state index < -0.39 is 5.97 Å². The van der Waals surface area contributed by atoms with Crippen LogP contribution in [0.2, 0.25) is 0 Å². The molecule has 0 saturated carbocycles. The molecule has 0 atom stereocenters. The highest BCUT2D eigenvalue weighted by Crippen LogP contribution is 2.28. The van der Waals surface area contributed by atoms with Gasteiger partial charge in [0.15, 0.2) is 5.13 Å². The van der Waals surface area contributed by atoms with Gasteiger partial charge in [-0.15, -0.1) is 23.1 Å². The number of hydrogen-bond acceptors (Lipinski definition) is 5. The van der Waals surface area contributed by atoms with Crippen molar-refractivity contribution in [2.75, 3.05) is 11.6 Å². The van der Waals surface area contributed by atoms with Crippen molar-refractivity contribution in [3.05, 3.63) is 75.8 Å². The number of aromatic carboxylic acids is 1. The van der Waals surface area contributed by atoms with Crippen molar-refractivity contribution in [2.45, 2.75) is 18.2 Å². The van der Waals surface area contributed by atoms with Crippen LogP contribution in [-0.2, 0) is 11.2 Å². The second-order valence-corrected chi connectivity index (χ2v) is 8.26. The van der Waals surface area contributed by atoms with Gasteiger partial charge in [-0.3, -0.25) is 4.79 Å². The van der Waals surface area contributed by atoms with Crippen LogP contribution in [0.25, 0.3) is 12.2 Å². The zero-order chi connectivity index (χ0) is 20.8. The first-order valence-corrected chi connectivity index (χ1v) is 10.9. The normalized spacial score (nSPS) is 11.0. The molecule has 0 saturated heterocycles. The molecule has 0 radical (unpaired) electrons. The van der Waals surface area contributed by atoms with Gasteiger partial charge < -0.3 is 10.4 Å².